The summed E-state index contributed by atoms with van der Waals surface area (Å²) in [6, 6.07) is 9.71. The molecule has 6 N–H and O–H groups in total. The zero-order chi connectivity index (χ0) is 26.6. The summed E-state index contributed by atoms with van der Waals surface area (Å²) < 4.78 is 1.44. The van der Waals surface area contributed by atoms with Crippen LogP contribution < -0.4 is 27.8 Å². The quantitative estimate of drug-likeness (QED) is 0.427. The van der Waals surface area contributed by atoms with Gasteiger partial charge >= 0.3 is 11.7 Å². The Bertz CT molecular complexity index is 1160. The van der Waals surface area contributed by atoms with Crippen molar-refractivity contribution in [2.45, 2.75) is 63.7 Å². The minimum absolute atomic E-state index is 0. The first kappa shape index (κ1) is 29.6. The molecular weight excluding hydrogens is 508 g/mol. The van der Waals surface area contributed by atoms with Gasteiger partial charge in [0.15, 0.2) is 0 Å². The number of amides is 3. The zero-order valence-electron chi connectivity index (χ0n) is 22.1. The lowest BCUT2D eigenvalue weighted by molar-refractivity contribution is -0.137. The number of carbonyl (C=O) groups is 2. The number of halogens is 1. The van der Waals surface area contributed by atoms with E-state index in [1.165, 1.54) is 4.57 Å². The summed E-state index contributed by atoms with van der Waals surface area (Å²) in [6.45, 7) is 5.65. The molecule has 2 heterocycles. The van der Waals surface area contributed by atoms with Gasteiger partial charge in [0.2, 0.25) is 5.91 Å². The second-order valence-electron chi connectivity index (χ2n) is 10.6. The Morgan fingerprint density at radius 2 is 1.71 bits per heavy atom. The number of nitrogens with two attached hydrogens (primary N) is 2. The number of anilines is 1. The molecule has 0 radical (unpaired) electrons. The molecule has 1 aromatic heterocycles. The molecule has 208 valence electrons. The molecule has 1 aromatic carbocycles. The third-order valence-corrected chi connectivity index (χ3v) is 6.97. The number of piperazine rings is 1. The Hall–Kier alpha value is -2.99. The number of nitrogens with zero attached hydrogens (tertiary/aromatic N) is 4. The summed E-state index contributed by atoms with van der Waals surface area (Å²) in [7, 11) is 0. The summed E-state index contributed by atoms with van der Waals surface area (Å²) in [4.78, 5) is 44.9. The molecule has 0 unspecified atom stereocenters. The topological polar surface area (TPSA) is 152 Å². The fraction of sp³-hybridized carbons (Fsp3) is 0.538. The highest BCUT2D eigenvalue weighted by Crippen LogP contribution is 2.18. The highest BCUT2D eigenvalue weighted by molar-refractivity contribution is 5.89. The van der Waals surface area contributed by atoms with Gasteiger partial charge in [0.25, 0.3) is 0 Å². The molecule has 1 saturated heterocycles. The highest BCUT2D eigenvalue weighted by atomic mass is 35.5. The average Bonchev–Trinajstić information content (AvgIpc) is 2.87. The van der Waals surface area contributed by atoms with E-state index in [2.05, 4.69) is 15.6 Å². The molecule has 1 aliphatic carbocycles. The van der Waals surface area contributed by atoms with Crippen LogP contribution in [0.1, 0.15) is 45.1 Å². The summed E-state index contributed by atoms with van der Waals surface area (Å²) in [5.41, 5.74) is 12.4. The van der Waals surface area contributed by atoms with Crippen molar-refractivity contribution in [3.8, 4) is 5.69 Å². The molecule has 0 bridgehead atoms. The number of hydrogen-bond donors (Lipinski definition) is 4. The van der Waals surface area contributed by atoms with Crippen LogP contribution in [0.3, 0.4) is 0 Å². The molecule has 0 spiro atoms. The SMILES string of the molecule is CC(C)(N)C(=O)N1CCN(C(=O)Nc2ccn(-c3ccc(CN[C@H]4CCC[C@@H](N)C4)cc3)c(=O)n2)CC1.Cl. The minimum atomic E-state index is -0.945. The van der Waals surface area contributed by atoms with Crippen molar-refractivity contribution in [2.24, 2.45) is 11.5 Å². The van der Waals surface area contributed by atoms with Crippen LogP contribution in [0.15, 0.2) is 41.3 Å². The second kappa shape index (κ2) is 12.7. The van der Waals surface area contributed by atoms with Crippen molar-refractivity contribution in [3.63, 3.8) is 0 Å². The van der Waals surface area contributed by atoms with E-state index in [-0.39, 0.29) is 36.2 Å². The molecule has 4 rings (SSSR count). The molecular formula is C26H39ClN8O3. The molecule has 1 aliphatic heterocycles. The maximum atomic E-state index is 12.7. The van der Waals surface area contributed by atoms with Crippen LogP contribution in [-0.4, -0.2) is 75.1 Å². The van der Waals surface area contributed by atoms with Crippen LogP contribution in [0.4, 0.5) is 10.6 Å². The van der Waals surface area contributed by atoms with Gasteiger partial charge in [0.05, 0.1) is 11.2 Å². The number of urea groups is 1. The van der Waals surface area contributed by atoms with E-state index in [0.29, 0.717) is 37.9 Å². The van der Waals surface area contributed by atoms with Gasteiger partial charge in [0.1, 0.15) is 5.82 Å². The first-order valence-corrected chi connectivity index (χ1v) is 12.9. The Morgan fingerprint density at radius 3 is 2.32 bits per heavy atom. The summed E-state index contributed by atoms with van der Waals surface area (Å²) in [6.07, 6.45) is 6.02. The normalized spacial score (nSPS) is 20.0. The van der Waals surface area contributed by atoms with Gasteiger partial charge < -0.3 is 26.6 Å². The van der Waals surface area contributed by atoms with Crippen LogP contribution in [0.25, 0.3) is 5.69 Å². The smallest absolute Gasteiger partial charge is 0.338 e. The molecule has 2 atom stereocenters. The molecule has 38 heavy (non-hydrogen) atoms. The van der Waals surface area contributed by atoms with Crippen molar-refractivity contribution in [3.05, 3.63) is 52.6 Å². The number of carbonyl (C=O) groups excluding carboxylic acids is 2. The summed E-state index contributed by atoms with van der Waals surface area (Å²) in [5, 5.41) is 6.26. The molecule has 11 nitrogen and oxygen atoms in total. The lowest BCUT2D eigenvalue weighted by Crippen LogP contribution is -2.58. The Balaban J connectivity index is 0.00000400. The van der Waals surface area contributed by atoms with Crippen molar-refractivity contribution in [1.82, 2.24) is 24.7 Å². The maximum absolute atomic E-state index is 12.7. The van der Waals surface area contributed by atoms with E-state index in [1.54, 1.807) is 35.9 Å². The molecule has 12 heteroatoms. The van der Waals surface area contributed by atoms with E-state index in [9.17, 15) is 14.4 Å². The number of hydrogen-bond acceptors (Lipinski definition) is 7. The lowest BCUT2D eigenvalue weighted by atomic mass is 9.91. The van der Waals surface area contributed by atoms with Crippen molar-refractivity contribution in [1.29, 1.82) is 0 Å². The van der Waals surface area contributed by atoms with Crippen LogP contribution in [0.2, 0.25) is 0 Å². The van der Waals surface area contributed by atoms with Gasteiger partial charge in [-0.15, -0.1) is 12.4 Å². The molecule has 2 aliphatic rings. The van der Waals surface area contributed by atoms with Crippen molar-refractivity contribution < 1.29 is 9.59 Å². The molecule has 3 amide bonds. The van der Waals surface area contributed by atoms with E-state index < -0.39 is 11.2 Å². The van der Waals surface area contributed by atoms with Gasteiger partial charge in [-0.3, -0.25) is 14.7 Å². The molecule has 1 saturated carbocycles. The van der Waals surface area contributed by atoms with Gasteiger partial charge in [-0.1, -0.05) is 18.6 Å². The van der Waals surface area contributed by atoms with Gasteiger partial charge in [0, 0.05) is 51.0 Å². The molecule has 2 aromatic rings. The van der Waals surface area contributed by atoms with E-state index in [0.717, 1.165) is 37.8 Å². The summed E-state index contributed by atoms with van der Waals surface area (Å²) in [5.74, 6) is 0.0374. The Morgan fingerprint density at radius 1 is 1.05 bits per heavy atom. The maximum Gasteiger partial charge on any atom is 0.354 e. The number of rotatable bonds is 6. The lowest BCUT2D eigenvalue weighted by Gasteiger charge is -2.37. The van der Waals surface area contributed by atoms with Crippen LogP contribution >= 0.6 is 12.4 Å². The second-order valence-corrected chi connectivity index (χ2v) is 10.6. The first-order valence-electron chi connectivity index (χ1n) is 12.9. The fourth-order valence-electron chi connectivity index (χ4n) is 4.83. The number of nitrogens with one attached hydrogen (secondary N) is 2. The largest absolute Gasteiger partial charge is 0.354 e. The van der Waals surface area contributed by atoms with E-state index >= 15 is 0 Å². The highest BCUT2D eigenvalue weighted by Gasteiger charge is 2.31. The van der Waals surface area contributed by atoms with E-state index in [1.807, 2.05) is 24.3 Å². The van der Waals surface area contributed by atoms with Gasteiger partial charge in [-0.05, 0) is 56.9 Å². The predicted molar refractivity (Wildman–Crippen MR) is 150 cm³/mol. The van der Waals surface area contributed by atoms with Crippen molar-refractivity contribution in [2.75, 3.05) is 31.5 Å². The standard InChI is InChI=1S/C26H38N8O3.ClH/c1-26(2,28)23(35)32-12-14-33(15-13-32)24(36)30-22-10-11-34(25(37)31-22)21-8-6-18(7-9-21)17-29-20-5-3-4-19(27)16-20;/h6-11,19-20,29H,3-5,12-17,27-28H2,1-2H3,(H,30,31,36,37);1H/t19-,20+;/m1./s1. The third kappa shape index (κ3) is 7.53. The van der Waals surface area contributed by atoms with Crippen LogP contribution in [0, 0.1) is 0 Å². The number of benzene rings is 1. The Kier molecular flexibility index (Phi) is 9.88. The zero-order valence-corrected chi connectivity index (χ0v) is 22.9. The van der Waals surface area contributed by atoms with E-state index in [4.69, 9.17) is 11.5 Å². The van der Waals surface area contributed by atoms with Gasteiger partial charge in [-0.2, -0.15) is 4.98 Å². The third-order valence-electron chi connectivity index (χ3n) is 6.97. The first-order chi connectivity index (χ1) is 17.6. The van der Waals surface area contributed by atoms with Gasteiger partial charge in [-0.25, -0.2) is 9.59 Å². The fourth-order valence-corrected chi connectivity index (χ4v) is 4.83. The average molecular weight is 547 g/mol. The van der Waals surface area contributed by atoms with Crippen molar-refractivity contribution >= 4 is 30.2 Å². The summed E-state index contributed by atoms with van der Waals surface area (Å²) >= 11 is 0. The monoisotopic (exact) mass is 546 g/mol. The number of aromatic nitrogens is 2. The molecule has 2 fully saturated rings. The predicted octanol–water partition coefficient (Wildman–Crippen LogP) is 1.43. The van der Waals surface area contributed by atoms with Crippen LogP contribution in [0.5, 0.6) is 0 Å². The minimum Gasteiger partial charge on any atom is -0.338 e. The van der Waals surface area contributed by atoms with Crippen LogP contribution in [-0.2, 0) is 11.3 Å². The Labute approximate surface area is 229 Å².